The molecule has 2 heterocycles. The third-order valence-corrected chi connectivity index (χ3v) is 3.66. The zero-order valence-corrected chi connectivity index (χ0v) is 14.6. The van der Waals surface area contributed by atoms with Crippen LogP contribution in [0.2, 0.25) is 0 Å². The van der Waals surface area contributed by atoms with Gasteiger partial charge in [0.1, 0.15) is 11.5 Å². The third-order valence-electron chi connectivity index (χ3n) is 3.66. The van der Waals surface area contributed by atoms with E-state index < -0.39 is 11.9 Å². The van der Waals surface area contributed by atoms with Crippen LogP contribution in [0.1, 0.15) is 18.2 Å². The summed E-state index contributed by atoms with van der Waals surface area (Å²) in [7, 11) is 0. The number of halogens is 1. The molecule has 3 rings (SSSR count). The lowest BCUT2D eigenvalue weighted by Gasteiger charge is -2.09. The van der Waals surface area contributed by atoms with Gasteiger partial charge in [0.05, 0.1) is 24.7 Å². The molecule has 0 aliphatic heterocycles. The molecule has 1 aromatic carbocycles. The molecule has 27 heavy (non-hydrogen) atoms. The van der Waals surface area contributed by atoms with Crippen molar-refractivity contribution in [3.05, 3.63) is 82.3 Å². The van der Waals surface area contributed by atoms with E-state index in [2.05, 4.69) is 15.4 Å². The number of ether oxygens (including phenoxy) is 1. The van der Waals surface area contributed by atoms with Crippen molar-refractivity contribution in [3.8, 4) is 5.69 Å². The Morgan fingerprint density at radius 1 is 1.26 bits per heavy atom. The van der Waals surface area contributed by atoms with Crippen LogP contribution in [0.4, 0.5) is 14.9 Å². The predicted molar refractivity (Wildman–Crippen MR) is 97.5 cm³/mol. The molecule has 0 saturated carbocycles. The van der Waals surface area contributed by atoms with Crippen LogP contribution in [0.5, 0.6) is 0 Å². The van der Waals surface area contributed by atoms with E-state index in [1.54, 1.807) is 25.1 Å². The molecule has 2 aromatic heterocycles. The molecular formula is C19H17FN4O3. The van der Waals surface area contributed by atoms with Gasteiger partial charge in [-0.15, -0.1) is 0 Å². The van der Waals surface area contributed by atoms with Crippen LogP contribution in [0.15, 0.2) is 59.8 Å². The third kappa shape index (κ3) is 4.75. The number of rotatable bonds is 5. The van der Waals surface area contributed by atoms with Crippen LogP contribution in [-0.4, -0.2) is 27.5 Å². The second-order valence-corrected chi connectivity index (χ2v) is 5.66. The average molecular weight is 368 g/mol. The van der Waals surface area contributed by atoms with E-state index in [0.717, 1.165) is 11.8 Å². The summed E-state index contributed by atoms with van der Waals surface area (Å²) in [6, 6.07) is 9.67. The van der Waals surface area contributed by atoms with Gasteiger partial charge in [-0.1, -0.05) is 12.1 Å². The van der Waals surface area contributed by atoms with Crippen LogP contribution in [0.25, 0.3) is 5.69 Å². The second-order valence-electron chi connectivity index (χ2n) is 5.66. The first-order valence-electron chi connectivity index (χ1n) is 8.27. The summed E-state index contributed by atoms with van der Waals surface area (Å²) in [5.74, 6) is -0.493. The molecular weight excluding hydrogens is 351 g/mol. The van der Waals surface area contributed by atoms with Gasteiger partial charge in [0, 0.05) is 30.4 Å². The molecule has 7 nitrogen and oxygen atoms in total. The molecule has 8 heteroatoms. The fourth-order valence-corrected chi connectivity index (χ4v) is 2.48. The van der Waals surface area contributed by atoms with Gasteiger partial charge < -0.3 is 4.74 Å². The molecule has 0 aliphatic rings. The molecule has 0 fully saturated rings. The maximum absolute atomic E-state index is 13.4. The number of benzene rings is 1. The van der Waals surface area contributed by atoms with Crippen molar-refractivity contribution >= 4 is 11.8 Å². The lowest BCUT2D eigenvalue weighted by atomic mass is 10.1. The Bertz CT molecular complexity index is 1020. The minimum atomic E-state index is -0.548. The molecule has 0 spiro atoms. The van der Waals surface area contributed by atoms with Gasteiger partial charge in [-0.05, 0) is 24.6 Å². The predicted octanol–water partition coefficient (Wildman–Crippen LogP) is 2.93. The minimum Gasteiger partial charge on any atom is -0.450 e. The summed E-state index contributed by atoms with van der Waals surface area (Å²) >= 11 is 0. The standard InChI is InChI=1S/C19H17FN4O3/c1-2-27-19(26)22-15-5-3-4-13(8-15)9-17-18(25)6-7-24(23-17)16-10-14(20)11-21-12-16/h3-8,10-12H,2,9H2,1H3,(H,22,26). The van der Waals surface area contributed by atoms with Crippen LogP contribution in [0, 0.1) is 5.82 Å². The first-order valence-corrected chi connectivity index (χ1v) is 8.27. The van der Waals surface area contributed by atoms with Gasteiger partial charge >= 0.3 is 6.09 Å². The largest absolute Gasteiger partial charge is 0.450 e. The quantitative estimate of drug-likeness (QED) is 0.748. The monoisotopic (exact) mass is 368 g/mol. The normalized spacial score (nSPS) is 10.4. The molecule has 0 bridgehead atoms. The van der Waals surface area contributed by atoms with Gasteiger partial charge in [-0.3, -0.25) is 15.1 Å². The SMILES string of the molecule is CCOC(=O)Nc1cccc(Cc2nn(-c3cncc(F)c3)ccc2=O)c1. The first-order chi connectivity index (χ1) is 13.0. The van der Waals surface area contributed by atoms with Crippen LogP contribution in [0.3, 0.4) is 0 Å². The summed E-state index contributed by atoms with van der Waals surface area (Å²) in [4.78, 5) is 27.5. The molecule has 1 amide bonds. The van der Waals surface area contributed by atoms with Gasteiger partial charge in [0.2, 0.25) is 5.43 Å². The second kappa shape index (κ2) is 8.22. The van der Waals surface area contributed by atoms with Gasteiger partial charge in [0.25, 0.3) is 0 Å². The highest BCUT2D eigenvalue weighted by Crippen LogP contribution is 2.14. The Morgan fingerprint density at radius 2 is 2.11 bits per heavy atom. The molecule has 0 saturated heterocycles. The van der Waals surface area contributed by atoms with Crippen LogP contribution >= 0.6 is 0 Å². The number of carbonyl (C=O) groups excluding carboxylic acids is 1. The summed E-state index contributed by atoms with van der Waals surface area (Å²) in [6.45, 7) is 1.99. The number of amides is 1. The van der Waals surface area contributed by atoms with Crippen molar-refractivity contribution < 1.29 is 13.9 Å². The highest BCUT2D eigenvalue weighted by Gasteiger charge is 2.08. The van der Waals surface area contributed by atoms with E-state index in [0.29, 0.717) is 11.4 Å². The van der Waals surface area contributed by atoms with E-state index in [9.17, 15) is 14.0 Å². The Balaban J connectivity index is 1.84. The number of hydrogen-bond donors (Lipinski definition) is 1. The maximum atomic E-state index is 13.4. The summed E-state index contributed by atoms with van der Waals surface area (Å²) in [5, 5.41) is 6.90. The number of aromatic nitrogens is 3. The fourth-order valence-electron chi connectivity index (χ4n) is 2.48. The van der Waals surface area contributed by atoms with Crippen molar-refractivity contribution in [1.29, 1.82) is 0 Å². The smallest absolute Gasteiger partial charge is 0.411 e. The van der Waals surface area contributed by atoms with E-state index in [1.165, 1.54) is 29.2 Å². The number of hydrogen-bond acceptors (Lipinski definition) is 5. The summed E-state index contributed by atoms with van der Waals surface area (Å²) in [5.41, 5.74) is 1.80. The number of nitrogens with zero attached hydrogens (tertiary/aromatic N) is 3. The number of carbonyl (C=O) groups is 1. The van der Waals surface area contributed by atoms with Crippen molar-refractivity contribution in [3.63, 3.8) is 0 Å². The fraction of sp³-hybridized carbons (Fsp3) is 0.158. The van der Waals surface area contributed by atoms with Gasteiger partial charge in [-0.25, -0.2) is 13.9 Å². The zero-order valence-electron chi connectivity index (χ0n) is 14.6. The Hall–Kier alpha value is -3.55. The topological polar surface area (TPSA) is 86.1 Å². The van der Waals surface area contributed by atoms with E-state index >= 15 is 0 Å². The molecule has 1 N–H and O–H groups in total. The number of nitrogens with one attached hydrogen (secondary N) is 1. The molecule has 3 aromatic rings. The van der Waals surface area contributed by atoms with E-state index in [1.807, 2.05) is 6.07 Å². The van der Waals surface area contributed by atoms with Gasteiger partial charge in [-0.2, -0.15) is 5.10 Å². The van der Waals surface area contributed by atoms with Crippen LogP contribution in [-0.2, 0) is 11.2 Å². The summed E-state index contributed by atoms with van der Waals surface area (Å²) in [6.07, 6.45) is 3.71. The Kier molecular flexibility index (Phi) is 5.55. The summed E-state index contributed by atoms with van der Waals surface area (Å²) < 4.78 is 19.6. The average Bonchev–Trinajstić information content (AvgIpc) is 2.64. The minimum absolute atomic E-state index is 0.237. The van der Waals surface area contributed by atoms with Crippen molar-refractivity contribution in [2.24, 2.45) is 0 Å². The van der Waals surface area contributed by atoms with Crippen molar-refractivity contribution in [1.82, 2.24) is 14.8 Å². The molecule has 0 radical (unpaired) electrons. The molecule has 0 unspecified atom stereocenters. The zero-order chi connectivity index (χ0) is 19.2. The van der Waals surface area contributed by atoms with E-state index in [4.69, 9.17) is 4.74 Å². The Morgan fingerprint density at radius 3 is 2.89 bits per heavy atom. The van der Waals surface area contributed by atoms with E-state index in [-0.39, 0.29) is 24.2 Å². The van der Waals surface area contributed by atoms with Crippen molar-refractivity contribution in [2.45, 2.75) is 13.3 Å². The van der Waals surface area contributed by atoms with Crippen LogP contribution < -0.4 is 10.7 Å². The molecule has 138 valence electrons. The molecule has 0 aliphatic carbocycles. The lowest BCUT2D eigenvalue weighted by Crippen LogP contribution is -2.17. The Labute approximate surface area is 154 Å². The lowest BCUT2D eigenvalue weighted by molar-refractivity contribution is 0.168. The number of pyridine rings is 1. The molecule has 0 atom stereocenters. The van der Waals surface area contributed by atoms with Crippen molar-refractivity contribution in [2.75, 3.05) is 11.9 Å². The first kappa shape index (κ1) is 18.2. The van der Waals surface area contributed by atoms with Gasteiger partial charge in [0.15, 0.2) is 0 Å². The highest BCUT2D eigenvalue weighted by atomic mass is 19.1. The maximum Gasteiger partial charge on any atom is 0.411 e. The number of anilines is 1. The highest BCUT2D eigenvalue weighted by molar-refractivity contribution is 5.84.